The highest BCUT2D eigenvalue weighted by Crippen LogP contribution is 2.11. The number of hydrogen-bond acceptors (Lipinski definition) is 7. The van der Waals surface area contributed by atoms with Gasteiger partial charge in [-0.3, -0.25) is 0 Å². The second-order valence-corrected chi connectivity index (χ2v) is 4.05. The molecule has 2 aromatic rings. The lowest BCUT2D eigenvalue weighted by Crippen LogP contribution is -2.22. The number of anilines is 2. The van der Waals surface area contributed by atoms with Crippen LogP contribution in [0.15, 0.2) is 12.7 Å². The van der Waals surface area contributed by atoms with Crippen molar-refractivity contribution in [1.82, 2.24) is 29.7 Å². The second-order valence-electron chi connectivity index (χ2n) is 4.05. The fourth-order valence-corrected chi connectivity index (χ4v) is 1.61. The molecule has 0 saturated carbocycles. The van der Waals surface area contributed by atoms with Gasteiger partial charge in [0, 0.05) is 20.1 Å². The predicted octanol–water partition coefficient (Wildman–Crippen LogP) is 0.730. The molecular weight excluding hydrogens is 244 g/mol. The normalized spacial score (nSPS) is 10.5. The van der Waals surface area contributed by atoms with Crippen LogP contribution in [0, 0.1) is 0 Å². The van der Waals surface area contributed by atoms with E-state index >= 15 is 0 Å². The average Bonchev–Trinajstić information content (AvgIpc) is 2.93. The van der Waals surface area contributed by atoms with Crippen LogP contribution >= 0.6 is 0 Å². The molecule has 0 aromatic carbocycles. The van der Waals surface area contributed by atoms with E-state index in [1.54, 1.807) is 6.33 Å². The number of rotatable bonds is 6. The summed E-state index contributed by atoms with van der Waals surface area (Å²) in [5, 5.41) is 7.14. The minimum absolute atomic E-state index is 0.460. The molecule has 0 amide bonds. The Bertz CT molecular complexity index is 509. The van der Waals surface area contributed by atoms with Crippen LogP contribution in [0.5, 0.6) is 0 Å². The first-order valence-corrected chi connectivity index (χ1v) is 6.30. The summed E-state index contributed by atoms with van der Waals surface area (Å²) in [6.45, 7) is 5.74. The highest BCUT2D eigenvalue weighted by Gasteiger charge is 2.11. The molecule has 0 atom stereocenters. The molecular formula is C11H18N8. The first-order valence-electron chi connectivity index (χ1n) is 6.30. The molecule has 0 bridgehead atoms. The van der Waals surface area contributed by atoms with Crippen molar-refractivity contribution < 1.29 is 0 Å². The Morgan fingerprint density at radius 1 is 1.26 bits per heavy atom. The van der Waals surface area contributed by atoms with E-state index in [1.165, 1.54) is 11.0 Å². The van der Waals surface area contributed by atoms with E-state index in [4.69, 9.17) is 0 Å². The Kier molecular flexibility index (Phi) is 4.22. The van der Waals surface area contributed by atoms with Crippen LogP contribution < -0.4 is 10.2 Å². The molecule has 2 heterocycles. The summed E-state index contributed by atoms with van der Waals surface area (Å²) in [6.07, 6.45) is 4.04. The Hall–Kier alpha value is -2.25. The standard InChI is InChI=1S/C11H18N8/c1-4-6-18(3)10-15-9(13-5-2)16-11(17-10)19-8-12-7-14-19/h7-8H,4-6H2,1-3H3,(H,13,15,16,17). The number of hydrogen-bond donors (Lipinski definition) is 1. The summed E-state index contributed by atoms with van der Waals surface area (Å²) in [7, 11) is 1.96. The van der Waals surface area contributed by atoms with Crippen molar-refractivity contribution in [2.75, 3.05) is 30.4 Å². The zero-order valence-corrected chi connectivity index (χ0v) is 11.4. The lowest BCUT2D eigenvalue weighted by molar-refractivity contribution is 0.764. The summed E-state index contributed by atoms with van der Waals surface area (Å²) < 4.78 is 1.52. The van der Waals surface area contributed by atoms with Gasteiger partial charge in [-0.15, -0.1) is 0 Å². The van der Waals surface area contributed by atoms with Gasteiger partial charge in [0.05, 0.1) is 0 Å². The van der Waals surface area contributed by atoms with Gasteiger partial charge in [0.15, 0.2) is 0 Å². The van der Waals surface area contributed by atoms with Crippen molar-refractivity contribution in [3.63, 3.8) is 0 Å². The molecule has 19 heavy (non-hydrogen) atoms. The molecule has 0 saturated heterocycles. The molecule has 1 N–H and O–H groups in total. The summed E-state index contributed by atoms with van der Waals surface area (Å²) in [6, 6.07) is 0. The smallest absolute Gasteiger partial charge is 0.258 e. The van der Waals surface area contributed by atoms with Crippen molar-refractivity contribution in [1.29, 1.82) is 0 Å². The Morgan fingerprint density at radius 2 is 2.11 bits per heavy atom. The molecule has 0 aliphatic rings. The van der Waals surface area contributed by atoms with E-state index < -0.39 is 0 Å². The van der Waals surface area contributed by atoms with Crippen LogP contribution in [0.4, 0.5) is 11.9 Å². The highest BCUT2D eigenvalue weighted by atomic mass is 15.4. The van der Waals surface area contributed by atoms with Gasteiger partial charge in [-0.25, -0.2) is 4.98 Å². The quantitative estimate of drug-likeness (QED) is 0.821. The topological polar surface area (TPSA) is 84.7 Å². The van der Waals surface area contributed by atoms with Crippen LogP contribution in [0.1, 0.15) is 20.3 Å². The van der Waals surface area contributed by atoms with Crippen molar-refractivity contribution in [3.8, 4) is 5.95 Å². The average molecular weight is 262 g/mol. The van der Waals surface area contributed by atoms with E-state index in [1.807, 2.05) is 18.9 Å². The molecule has 0 spiro atoms. The van der Waals surface area contributed by atoms with Gasteiger partial charge in [0.25, 0.3) is 5.95 Å². The van der Waals surface area contributed by atoms with E-state index in [2.05, 4.69) is 37.3 Å². The Balaban J connectivity index is 2.37. The van der Waals surface area contributed by atoms with Gasteiger partial charge in [-0.1, -0.05) is 6.92 Å². The van der Waals surface area contributed by atoms with Crippen LogP contribution in [0.3, 0.4) is 0 Å². The van der Waals surface area contributed by atoms with Crippen molar-refractivity contribution in [2.45, 2.75) is 20.3 Å². The summed E-state index contributed by atoms with van der Waals surface area (Å²) in [5.41, 5.74) is 0. The minimum atomic E-state index is 0.460. The van der Waals surface area contributed by atoms with Gasteiger partial charge < -0.3 is 10.2 Å². The number of nitrogens with zero attached hydrogens (tertiary/aromatic N) is 7. The maximum Gasteiger partial charge on any atom is 0.258 e. The zero-order valence-electron chi connectivity index (χ0n) is 11.4. The highest BCUT2D eigenvalue weighted by molar-refractivity contribution is 5.39. The van der Waals surface area contributed by atoms with E-state index in [0.29, 0.717) is 17.8 Å². The van der Waals surface area contributed by atoms with Crippen molar-refractivity contribution in [3.05, 3.63) is 12.7 Å². The number of aromatic nitrogens is 6. The first kappa shape index (κ1) is 13.2. The summed E-state index contributed by atoms with van der Waals surface area (Å²) >= 11 is 0. The monoisotopic (exact) mass is 262 g/mol. The van der Waals surface area contributed by atoms with E-state index in [9.17, 15) is 0 Å². The third-order valence-electron chi connectivity index (χ3n) is 2.47. The van der Waals surface area contributed by atoms with Crippen molar-refractivity contribution >= 4 is 11.9 Å². The van der Waals surface area contributed by atoms with Crippen molar-refractivity contribution in [2.24, 2.45) is 0 Å². The lowest BCUT2D eigenvalue weighted by atomic mass is 10.4. The molecule has 0 unspecified atom stereocenters. The molecule has 0 radical (unpaired) electrons. The fourth-order valence-electron chi connectivity index (χ4n) is 1.61. The van der Waals surface area contributed by atoms with Gasteiger partial charge in [-0.2, -0.15) is 24.7 Å². The maximum absolute atomic E-state index is 4.40. The predicted molar refractivity (Wildman–Crippen MR) is 72.5 cm³/mol. The minimum Gasteiger partial charge on any atom is -0.354 e. The molecule has 2 aromatic heterocycles. The maximum atomic E-state index is 4.40. The van der Waals surface area contributed by atoms with Gasteiger partial charge in [-0.05, 0) is 13.3 Å². The molecule has 0 fully saturated rings. The Labute approximate surface area is 111 Å². The molecule has 102 valence electrons. The molecule has 2 rings (SSSR count). The summed E-state index contributed by atoms with van der Waals surface area (Å²) in [5.74, 6) is 1.63. The van der Waals surface area contributed by atoms with E-state index in [-0.39, 0.29) is 0 Å². The van der Waals surface area contributed by atoms with Gasteiger partial charge >= 0.3 is 0 Å². The molecule has 8 heteroatoms. The molecule has 8 nitrogen and oxygen atoms in total. The third kappa shape index (κ3) is 3.15. The van der Waals surface area contributed by atoms with Crippen LogP contribution in [0.2, 0.25) is 0 Å². The summed E-state index contributed by atoms with van der Waals surface area (Å²) in [4.78, 5) is 19.0. The van der Waals surface area contributed by atoms with Gasteiger partial charge in [0.2, 0.25) is 11.9 Å². The second kappa shape index (κ2) is 6.07. The van der Waals surface area contributed by atoms with Crippen LogP contribution in [0.25, 0.3) is 5.95 Å². The zero-order chi connectivity index (χ0) is 13.7. The fraction of sp³-hybridized carbons (Fsp3) is 0.545. The molecule has 0 aliphatic carbocycles. The van der Waals surface area contributed by atoms with E-state index in [0.717, 1.165) is 19.5 Å². The third-order valence-corrected chi connectivity index (χ3v) is 2.47. The Morgan fingerprint density at radius 3 is 2.74 bits per heavy atom. The van der Waals surface area contributed by atoms with Gasteiger partial charge in [0.1, 0.15) is 12.7 Å². The lowest BCUT2D eigenvalue weighted by Gasteiger charge is -2.17. The van der Waals surface area contributed by atoms with Crippen LogP contribution in [-0.4, -0.2) is 49.9 Å². The SMILES string of the molecule is CCCN(C)c1nc(NCC)nc(-n2cncn2)n1. The van der Waals surface area contributed by atoms with Crippen LogP contribution in [-0.2, 0) is 0 Å². The molecule has 0 aliphatic heterocycles. The first-order chi connectivity index (χ1) is 9.24. The largest absolute Gasteiger partial charge is 0.354 e. The number of nitrogens with one attached hydrogen (secondary N) is 1.